The van der Waals surface area contributed by atoms with Gasteiger partial charge >= 0.3 is 0 Å². The van der Waals surface area contributed by atoms with Gasteiger partial charge in [0.15, 0.2) is 0 Å². The van der Waals surface area contributed by atoms with E-state index in [1.165, 1.54) is 0 Å². The predicted molar refractivity (Wildman–Crippen MR) is 105 cm³/mol. The van der Waals surface area contributed by atoms with Crippen LogP contribution in [0.3, 0.4) is 0 Å². The average Bonchev–Trinajstić information content (AvgIpc) is 3.06. The van der Waals surface area contributed by atoms with E-state index >= 15 is 0 Å². The summed E-state index contributed by atoms with van der Waals surface area (Å²) in [5.41, 5.74) is 2.56. The van der Waals surface area contributed by atoms with Crippen molar-refractivity contribution in [1.82, 2.24) is 20.3 Å². The first-order valence-electron chi connectivity index (χ1n) is 8.68. The van der Waals surface area contributed by atoms with Gasteiger partial charge in [-0.1, -0.05) is 23.7 Å². The maximum atomic E-state index is 12.5. The van der Waals surface area contributed by atoms with Gasteiger partial charge in [-0.2, -0.15) is 0 Å². The second-order valence-electron chi connectivity index (χ2n) is 6.21. The minimum absolute atomic E-state index is 0.319. The highest BCUT2D eigenvalue weighted by atomic mass is 35.5. The van der Waals surface area contributed by atoms with Crippen LogP contribution in [0.5, 0.6) is 0 Å². The van der Waals surface area contributed by atoms with Crippen LogP contribution in [-0.2, 0) is 11.3 Å². The molecule has 3 rings (SSSR count). The number of fused-ring (bicyclic) bond motifs is 1. The van der Waals surface area contributed by atoms with Crippen molar-refractivity contribution in [2.45, 2.75) is 32.9 Å². The second kappa shape index (κ2) is 8.18. The predicted octanol–water partition coefficient (Wildman–Crippen LogP) is 3.25. The molecule has 0 spiro atoms. The van der Waals surface area contributed by atoms with Crippen molar-refractivity contribution >= 4 is 40.1 Å². The number of nitrogens with one attached hydrogen (secondary N) is 2. The molecule has 27 heavy (non-hydrogen) atoms. The van der Waals surface area contributed by atoms with Gasteiger partial charge in [-0.15, -0.1) is 5.10 Å². The van der Waals surface area contributed by atoms with Crippen LogP contribution in [0.1, 0.15) is 30.6 Å². The molecular weight excluding hydrogens is 366 g/mol. The Balaban J connectivity index is 1.66. The Labute approximate surface area is 161 Å². The first-order chi connectivity index (χ1) is 13.0. The highest BCUT2D eigenvalue weighted by Crippen LogP contribution is 2.15. The molecule has 0 unspecified atom stereocenters. The summed E-state index contributed by atoms with van der Waals surface area (Å²) in [5.74, 6) is -0.665. The molecular formula is C19H20ClN5O2. The largest absolute Gasteiger partial charge is 0.341 e. The Bertz CT molecular complexity index is 968. The lowest BCUT2D eigenvalue weighted by atomic mass is 10.1. The van der Waals surface area contributed by atoms with Crippen molar-refractivity contribution in [3.05, 3.63) is 53.1 Å². The van der Waals surface area contributed by atoms with Crippen molar-refractivity contribution in [3.8, 4) is 0 Å². The van der Waals surface area contributed by atoms with E-state index in [4.69, 9.17) is 11.6 Å². The Hall–Kier alpha value is -2.93. The summed E-state index contributed by atoms with van der Waals surface area (Å²) in [6.45, 7) is 4.45. The number of halogens is 1. The van der Waals surface area contributed by atoms with E-state index in [1.807, 2.05) is 6.07 Å². The fourth-order valence-corrected chi connectivity index (χ4v) is 2.75. The molecule has 7 nitrogen and oxygen atoms in total. The molecule has 0 saturated heterocycles. The number of nitrogens with zero attached hydrogens (tertiary/aromatic N) is 3. The Morgan fingerprint density at radius 2 is 1.93 bits per heavy atom. The molecule has 0 aliphatic carbocycles. The molecule has 1 aromatic heterocycles. The number of carbonyl (C=O) groups is 2. The molecule has 0 radical (unpaired) electrons. The van der Waals surface area contributed by atoms with E-state index in [2.05, 4.69) is 27.9 Å². The summed E-state index contributed by atoms with van der Waals surface area (Å²) in [6, 6.07) is 11.2. The highest BCUT2D eigenvalue weighted by Gasteiger charge is 2.17. The van der Waals surface area contributed by atoms with Gasteiger partial charge in [0.25, 0.3) is 5.91 Å². The number of benzene rings is 2. The Morgan fingerprint density at radius 3 is 2.63 bits per heavy atom. The zero-order valence-corrected chi connectivity index (χ0v) is 15.8. The van der Waals surface area contributed by atoms with Crippen molar-refractivity contribution in [2.75, 3.05) is 5.32 Å². The molecule has 2 amide bonds. The second-order valence-corrected chi connectivity index (χ2v) is 6.64. The first kappa shape index (κ1) is 18.8. The SMILES string of the molecule is CCCn1nnc2cc(C(=O)N[C@H](C)C(=O)Nc3ccc(Cl)cc3)ccc21. The van der Waals surface area contributed by atoms with Crippen molar-refractivity contribution < 1.29 is 9.59 Å². The molecule has 1 heterocycles. The third kappa shape index (κ3) is 4.43. The third-order valence-electron chi connectivity index (χ3n) is 4.06. The van der Waals surface area contributed by atoms with Crippen LogP contribution in [0.15, 0.2) is 42.5 Å². The van der Waals surface area contributed by atoms with Gasteiger partial charge in [0.05, 0.1) is 5.52 Å². The molecule has 3 aromatic rings. The summed E-state index contributed by atoms with van der Waals surface area (Å²) in [4.78, 5) is 24.7. The fraction of sp³-hybridized carbons (Fsp3) is 0.263. The van der Waals surface area contributed by atoms with Gasteiger partial charge < -0.3 is 10.6 Å². The third-order valence-corrected chi connectivity index (χ3v) is 4.32. The van der Waals surface area contributed by atoms with Crippen LogP contribution in [0.4, 0.5) is 5.69 Å². The van der Waals surface area contributed by atoms with E-state index in [0.717, 1.165) is 18.5 Å². The Morgan fingerprint density at radius 1 is 1.19 bits per heavy atom. The normalized spacial score (nSPS) is 12.0. The van der Waals surface area contributed by atoms with Crippen molar-refractivity contribution in [2.24, 2.45) is 0 Å². The standard InChI is InChI=1S/C19H20ClN5O2/c1-3-10-25-17-9-4-13(11-16(17)23-24-25)19(27)21-12(2)18(26)22-15-7-5-14(20)6-8-15/h4-9,11-12H,3,10H2,1-2H3,(H,21,27)(H,22,26)/t12-/m1/s1. The lowest BCUT2D eigenvalue weighted by Gasteiger charge is -2.14. The number of anilines is 1. The first-order valence-corrected chi connectivity index (χ1v) is 9.06. The molecule has 2 N–H and O–H groups in total. The average molecular weight is 386 g/mol. The molecule has 0 aliphatic rings. The quantitative estimate of drug-likeness (QED) is 0.681. The minimum atomic E-state index is -0.709. The molecule has 8 heteroatoms. The summed E-state index contributed by atoms with van der Waals surface area (Å²) < 4.78 is 1.80. The number of aromatic nitrogens is 3. The zero-order valence-electron chi connectivity index (χ0n) is 15.1. The van der Waals surface area contributed by atoms with Crippen molar-refractivity contribution in [1.29, 1.82) is 0 Å². The van der Waals surface area contributed by atoms with Crippen LogP contribution in [0.2, 0.25) is 5.02 Å². The molecule has 0 aliphatic heterocycles. The Kier molecular flexibility index (Phi) is 5.71. The fourth-order valence-electron chi connectivity index (χ4n) is 2.62. The highest BCUT2D eigenvalue weighted by molar-refractivity contribution is 6.30. The molecule has 0 saturated carbocycles. The maximum Gasteiger partial charge on any atom is 0.251 e. The molecule has 0 fully saturated rings. The number of rotatable bonds is 6. The summed E-state index contributed by atoms with van der Waals surface area (Å²) in [7, 11) is 0. The summed E-state index contributed by atoms with van der Waals surface area (Å²) >= 11 is 5.83. The van der Waals surface area contributed by atoms with E-state index in [-0.39, 0.29) is 11.8 Å². The monoisotopic (exact) mass is 385 g/mol. The molecule has 140 valence electrons. The smallest absolute Gasteiger partial charge is 0.251 e. The minimum Gasteiger partial charge on any atom is -0.341 e. The number of hydrogen-bond acceptors (Lipinski definition) is 4. The molecule has 0 bridgehead atoms. The van der Waals surface area contributed by atoms with Crippen LogP contribution in [0.25, 0.3) is 11.0 Å². The summed E-state index contributed by atoms with van der Waals surface area (Å²) in [5, 5.41) is 14.2. The van der Waals surface area contributed by atoms with Crippen LogP contribution >= 0.6 is 11.6 Å². The molecule has 2 aromatic carbocycles. The lowest BCUT2D eigenvalue weighted by Crippen LogP contribution is -2.41. The number of aryl methyl sites for hydroxylation is 1. The van der Waals surface area contributed by atoms with Gasteiger partial charge in [-0.3, -0.25) is 9.59 Å². The van der Waals surface area contributed by atoms with Gasteiger partial charge in [0.1, 0.15) is 11.6 Å². The van der Waals surface area contributed by atoms with E-state index < -0.39 is 6.04 Å². The van der Waals surface area contributed by atoms with Gasteiger partial charge in [-0.25, -0.2) is 4.68 Å². The van der Waals surface area contributed by atoms with Gasteiger partial charge in [0.2, 0.25) is 5.91 Å². The van der Waals surface area contributed by atoms with Crippen LogP contribution in [0, 0.1) is 0 Å². The van der Waals surface area contributed by atoms with Crippen molar-refractivity contribution in [3.63, 3.8) is 0 Å². The van der Waals surface area contributed by atoms with E-state index in [9.17, 15) is 9.59 Å². The number of amides is 2. The number of hydrogen-bond donors (Lipinski definition) is 2. The van der Waals surface area contributed by atoms with Gasteiger partial charge in [0, 0.05) is 22.8 Å². The lowest BCUT2D eigenvalue weighted by molar-refractivity contribution is -0.117. The van der Waals surface area contributed by atoms with Gasteiger partial charge in [-0.05, 0) is 55.8 Å². The zero-order chi connectivity index (χ0) is 19.4. The molecule has 1 atom stereocenters. The van der Waals surface area contributed by atoms with Crippen LogP contribution in [-0.4, -0.2) is 32.9 Å². The maximum absolute atomic E-state index is 12.5. The topological polar surface area (TPSA) is 88.9 Å². The van der Waals surface area contributed by atoms with E-state index in [0.29, 0.717) is 21.8 Å². The number of carbonyl (C=O) groups excluding carboxylic acids is 2. The van der Waals surface area contributed by atoms with Crippen LogP contribution < -0.4 is 10.6 Å². The van der Waals surface area contributed by atoms with E-state index in [1.54, 1.807) is 48.0 Å². The summed E-state index contributed by atoms with van der Waals surface area (Å²) in [6.07, 6.45) is 0.945.